The lowest BCUT2D eigenvalue weighted by atomic mass is 10.2. The average Bonchev–Trinajstić information content (AvgIpc) is 2.39. The van der Waals surface area contributed by atoms with E-state index in [9.17, 15) is 14.9 Å². The lowest BCUT2D eigenvalue weighted by Crippen LogP contribution is -2.15. The van der Waals surface area contributed by atoms with E-state index in [-0.39, 0.29) is 17.2 Å². The first kappa shape index (κ1) is 12.4. The maximum atomic E-state index is 11.9. The standard InChI is InChI=1S/C10H8N6O3/c11-8-4-6(7(5-12-8)16(18)19)10(17)14-9-2-1-3-13-15-9/h1-5H,(H2,11,12)(H,14,15,17). The van der Waals surface area contributed by atoms with E-state index in [4.69, 9.17) is 5.73 Å². The molecule has 2 rings (SSSR count). The minimum Gasteiger partial charge on any atom is -0.384 e. The van der Waals surface area contributed by atoms with E-state index < -0.39 is 16.5 Å². The number of pyridine rings is 1. The first-order valence-corrected chi connectivity index (χ1v) is 5.07. The van der Waals surface area contributed by atoms with E-state index >= 15 is 0 Å². The van der Waals surface area contributed by atoms with Gasteiger partial charge in [-0.05, 0) is 18.2 Å². The molecule has 0 spiro atoms. The van der Waals surface area contributed by atoms with Gasteiger partial charge in [-0.1, -0.05) is 0 Å². The number of aromatic nitrogens is 3. The predicted molar refractivity (Wildman–Crippen MR) is 65.3 cm³/mol. The van der Waals surface area contributed by atoms with Crippen LogP contribution in [-0.4, -0.2) is 26.0 Å². The molecule has 0 atom stereocenters. The van der Waals surface area contributed by atoms with Gasteiger partial charge < -0.3 is 11.1 Å². The second kappa shape index (κ2) is 5.04. The largest absolute Gasteiger partial charge is 0.384 e. The summed E-state index contributed by atoms with van der Waals surface area (Å²) in [6, 6.07) is 4.20. The fraction of sp³-hybridized carbons (Fsp3) is 0. The zero-order chi connectivity index (χ0) is 13.8. The number of hydrogen-bond donors (Lipinski definition) is 2. The Morgan fingerprint density at radius 3 is 2.89 bits per heavy atom. The summed E-state index contributed by atoms with van der Waals surface area (Å²) in [4.78, 5) is 25.6. The molecule has 0 bridgehead atoms. The molecule has 3 N–H and O–H groups in total. The van der Waals surface area contributed by atoms with E-state index in [1.165, 1.54) is 12.3 Å². The van der Waals surface area contributed by atoms with Crippen LogP contribution in [0.15, 0.2) is 30.6 Å². The van der Waals surface area contributed by atoms with E-state index in [0.717, 1.165) is 12.3 Å². The van der Waals surface area contributed by atoms with Crippen LogP contribution in [0.3, 0.4) is 0 Å². The van der Waals surface area contributed by atoms with Gasteiger partial charge in [-0.3, -0.25) is 14.9 Å². The number of rotatable bonds is 3. The molecule has 0 saturated carbocycles. The normalized spacial score (nSPS) is 9.89. The number of hydrogen-bond acceptors (Lipinski definition) is 7. The lowest BCUT2D eigenvalue weighted by Gasteiger charge is -2.04. The van der Waals surface area contributed by atoms with Gasteiger partial charge in [-0.15, -0.1) is 5.10 Å². The highest BCUT2D eigenvalue weighted by Gasteiger charge is 2.21. The van der Waals surface area contributed by atoms with Gasteiger partial charge in [0.2, 0.25) is 0 Å². The Balaban J connectivity index is 2.33. The zero-order valence-electron chi connectivity index (χ0n) is 9.48. The van der Waals surface area contributed by atoms with Gasteiger partial charge >= 0.3 is 0 Å². The fourth-order valence-electron chi connectivity index (χ4n) is 1.34. The van der Waals surface area contributed by atoms with Crippen molar-refractivity contribution in [2.45, 2.75) is 0 Å². The molecule has 19 heavy (non-hydrogen) atoms. The number of carbonyl (C=O) groups excluding carboxylic acids is 1. The highest BCUT2D eigenvalue weighted by atomic mass is 16.6. The quantitative estimate of drug-likeness (QED) is 0.609. The zero-order valence-corrected chi connectivity index (χ0v) is 9.48. The number of nitrogens with one attached hydrogen (secondary N) is 1. The first-order chi connectivity index (χ1) is 9.08. The van der Waals surface area contributed by atoms with E-state index in [2.05, 4.69) is 20.5 Å². The molecular weight excluding hydrogens is 252 g/mol. The van der Waals surface area contributed by atoms with Crippen LogP contribution in [-0.2, 0) is 0 Å². The van der Waals surface area contributed by atoms with Gasteiger partial charge in [-0.2, -0.15) is 5.10 Å². The summed E-state index contributed by atoms with van der Waals surface area (Å²) in [7, 11) is 0. The summed E-state index contributed by atoms with van der Waals surface area (Å²) in [5, 5.41) is 20.4. The Labute approximate surface area is 106 Å². The van der Waals surface area contributed by atoms with Crippen molar-refractivity contribution >= 4 is 23.2 Å². The molecule has 1 amide bonds. The van der Waals surface area contributed by atoms with Crippen molar-refractivity contribution in [3.05, 3.63) is 46.3 Å². The molecule has 9 heteroatoms. The molecule has 96 valence electrons. The number of nitrogens with zero attached hydrogens (tertiary/aromatic N) is 4. The monoisotopic (exact) mass is 260 g/mol. The minimum absolute atomic E-state index is 0.00916. The van der Waals surface area contributed by atoms with Gasteiger partial charge in [0, 0.05) is 6.20 Å². The van der Waals surface area contributed by atoms with Crippen LogP contribution in [0.5, 0.6) is 0 Å². The number of nitrogen functional groups attached to an aromatic ring is 1. The molecule has 2 aromatic rings. The predicted octanol–water partition coefficient (Wildman–Crippen LogP) is 0.614. The number of amides is 1. The second-order valence-corrected chi connectivity index (χ2v) is 3.45. The highest BCUT2D eigenvalue weighted by Crippen LogP contribution is 2.19. The lowest BCUT2D eigenvalue weighted by molar-refractivity contribution is -0.385. The number of nitro groups is 1. The molecule has 0 fully saturated rings. The Morgan fingerprint density at radius 2 is 2.26 bits per heavy atom. The van der Waals surface area contributed by atoms with Crippen molar-refractivity contribution in [2.75, 3.05) is 11.1 Å². The van der Waals surface area contributed by atoms with E-state index in [0.29, 0.717) is 0 Å². The molecule has 0 aromatic carbocycles. The third-order valence-corrected chi connectivity index (χ3v) is 2.16. The maximum Gasteiger partial charge on any atom is 0.300 e. The first-order valence-electron chi connectivity index (χ1n) is 5.07. The van der Waals surface area contributed by atoms with Crippen LogP contribution < -0.4 is 11.1 Å². The summed E-state index contributed by atoms with van der Waals surface area (Å²) < 4.78 is 0. The SMILES string of the molecule is Nc1cc(C(=O)Nc2cccnn2)c([N+](=O)[O-])cn1. The molecular formula is C10H8N6O3. The Kier molecular flexibility index (Phi) is 3.28. The molecule has 0 saturated heterocycles. The van der Waals surface area contributed by atoms with Crippen LogP contribution in [0.1, 0.15) is 10.4 Å². The van der Waals surface area contributed by atoms with Crippen LogP contribution in [0.2, 0.25) is 0 Å². The van der Waals surface area contributed by atoms with E-state index in [1.54, 1.807) is 6.07 Å². The van der Waals surface area contributed by atoms with Crippen LogP contribution in [0.25, 0.3) is 0 Å². The van der Waals surface area contributed by atoms with Crippen molar-refractivity contribution < 1.29 is 9.72 Å². The van der Waals surface area contributed by atoms with Crippen molar-refractivity contribution in [2.24, 2.45) is 0 Å². The van der Waals surface area contributed by atoms with Gasteiger partial charge in [0.1, 0.15) is 17.6 Å². The second-order valence-electron chi connectivity index (χ2n) is 3.45. The van der Waals surface area contributed by atoms with Crippen molar-refractivity contribution in [3.8, 4) is 0 Å². The molecule has 2 aromatic heterocycles. The van der Waals surface area contributed by atoms with Crippen molar-refractivity contribution in [3.63, 3.8) is 0 Å². The summed E-state index contributed by atoms with van der Waals surface area (Å²) in [6.45, 7) is 0. The van der Waals surface area contributed by atoms with Crippen LogP contribution in [0, 0.1) is 10.1 Å². The number of nitrogens with two attached hydrogens (primary N) is 1. The van der Waals surface area contributed by atoms with Gasteiger partial charge in [0.15, 0.2) is 5.82 Å². The topological polar surface area (TPSA) is 137 Å². The van der Waals surface area contributed by atoms with Gasteiger partial charge in [0.05, 0.1) is 4.92 Å². The van der Waals surface area contributed by atoms with Crippen molar-refractivity contribution in [1.29, 1.82) is 0 Å². The smallest absolute Gasteiger partial charge is 0.300 e. The summed E-state index contributed by atoms with van der Waals surface area (Å²) >= 11 is 0. The Bertz CT molecular complexity index is 630. The van der Waals surface area contributed by atoms with Gasteiger partial charge in [0.25, 0.3) is 11.6 Å². The van der Waals surface area contributed by atoms with Crippen LogP contribution in [0.4, 0.5) is 17.3 Å². The van der Waals surface area contributed by atoms with Crippen molar-refractivity contribution in [1.82, 2.24) is 15.2 Å². The third kappa shape index (κ3) is 2.77. The minimum atomic E-state index is -0.710. The van der Waals surface area contributed by atoms with Gasteiger partial charge in [-0.25, -0.2) is 4.98 Å². The molecule has 2 heterocycles. The Morgan fingerprint density at radius 1 is 1.47 bits per heavy atom. The highest BCUT2D eigenvalue weighted by molar-refractivity contribution is 6.06. The Hall–Kier alpha value is -3.10. The molecule has 9 nitrogen and oxygen atoms in total. The molecule has 0 aliphatic rings. The summed E-state index contributed by atoms with van der Waals surface area (Å²) in [5.74, 6) is -0.520. The fourth-order valence-corrected chi connectivity index (χ4v) is 1.34. The third-order valence-electron chi connectivity index (χ3n) is 2.16. The number of anilines is 2. The van der Waals surface area contributed by atoms with E-state index in [1.807, 2.05) is 0 Å². The maximum absolute atomic E-state index is 11.9. The molecule has 0 unspecified atom stereocenters. The van der Waals surface area contributed by atoms with Crippen LogP contribution >= 0.6 is 0 Å². The summed E-state index contributed by atoms with van der Waals surface area (Å²) in [6.07, 6.45) is 2.36. The molecule has 0 aliphatic heterocycles. The number of carbonyl (C=O) groups is 1. The molecule has 0 radical (unpaired) electrons. The molecule has 0 aliphatic carbocycles. The summed E-state index contributed by atoms with van der Waals surface area (Å²) in [5.41, 5.74) is 4.79. The average molecular weight is 260 g/mol.